The Kier molecular flexibility index (Phi) is 9.35. The molecule has 106 valence electrons. The van der Waals surface area contributed by atoms with Crippen molar-refractivity contribution < 1.29 is 29.6 Å². The predicted octanol–water partition coefficient (Wildman–Crippen LogP) is -1.85. The summed E-state index contributed by atoms with van der Waals surface area (Å²) in [4.78, 5) is 4.28. The molecule has 2 rings (SSSR count). The summed E-state index contributed by atoms with van der Waals surface area (Å²) in [6.45, 7) is 4.34. The zero-order valence-electron chi connectivity index (χ0n) is 11.6. The van der Waals surface area contributed by atoms with Gasteiger partial charge in [0.25, 0.3) is 0 Å². The standard InChI is InChI=1S/C13H18N4.BH4.ClH.Na/c1-7(2)6-8-4-3-5-9-10(8)11(14)12(15)13(16)17-9;;;/h3-5,7H,6,15H2,1-2H3,(H4,14,16,17);1H4;1H;/q;-1;;+1. The SMILES string of the molecule is CC(C)Cc1cccc2nc(N)c(N)c(N)c12.Cl.[BH4-].[Na+]. The maximum absolute atomic E-state index is 6.05. The van der Waals surface area contributed by atoms with E-state index in [2.05, 4.69) is 24.9 Å². The molecule has 0 aliphatic rings. The van der Waals surface area contributed by atoms with Crippen LogP contribution in [0, 0.1) is 5.92 Å². The van der Waals surface area contributed by atoms with E-state index in [-0.39, 0.29) is 50.4 Å². The zero-order valence-corrected chi connectivity index (χ0v) is 14.4. The van der Waals surface area contributed by atoms with E-state index in [0.29, 0.717) is 23.1 Å². The van der Waals surface area contributed by atoms with Gasteiger partial charge in [0.1, 0.15) is 5.82 Å². The summed E-state index contributed by atoms with van der Waals surface area (Å²) >= 11 is 0. The summed E-state index contributed by atoms with van der Waals surface area (Å²) in [5, 5.41) is 0.938. The van der Waals surface area contributed by atoms with Crippen LogP contribution in [0.2, 0.25) is 0 Å². The smallest absolute Gasteiger partial charge is 0.396 e. The van der Waals surface area contributed by atoms with Gasteiger partial charge in [-0.3, -0.25) is 0 Å². The van der Waals surface area contributed by atoms with E-state index >= 15 is 0 Å². The molecule has 0 fully saturated rings. The first-order valence-electron chi connectivity index (χ1n) is 5.72. The van der Waals surface area contributed by atoms with E-state index in [1.54, 1.807) is 0 Å². The van der Waals surface area contributed by atoms with E-state index in [1.807, 2.05) is 12.1 Å². The van der Waals surface area contributed by atoms with Crippen molar-refractivity contribution in [2.24, 2.45) is 5.92 Å². The third-order valence-electron chi connectivity index (χ3n) is 2.83. The number of nitrogens with two attached hydrogens (primary N) is 3. The molecule has 6 N–H and O–H groups in total. The third-order valence-corrected chi connectivity index (χ3v) is 2.83. The van der Waals surface area contributed by atoms with Gasteiger partial charge in [0.15, 0.2) is 0 Å². The number of halogens is 1. The van der Waals surface area contributed by atoms with Gasteiger partial charge in [0.05, 0.1) is 16.9 Å². The minimum absolute atomic E-state index is 0. The van der Waals surface area contributed by atoms with Crippen molar-refractivity contribution in [1.29, 1.82) is 0 Å². The summed E-state index contributed by atoms with van der Waals surface area (Å²) in [5.74, 6) is 0.857. The fourth-order valence-corrected chi connectivity index (χ4v) is 2.06. The van der Waals surface area contributed by atoms with Crippen LogP contribution in [-0.4, -0.2) is 13.4 Å². The van der Waals surface area contributed by atoms with Gasteiger partial charge in [-0.2, -0.15) is 0 Å². The summed E-state index contributed by atoms with van der Waals surface area (Å²) in [7, 11) is 0. The number of hydrogen-bond donors (Lipinski definition) is 3. The molecule has 0 aliphatic heterocycles. The molecule has 0 atom stereocenters. The van der Waals surface area contributed by atoms with Crippen molar-refractivity contribution in [3.8, 4) is 0 Å². The second kappa shape index (κ2) is 8.62. The molecule has 0 unspecified atom stereocenters. The van der Waals surface area contributed by atoms with Gasteiger partial charge in [-0.15, -0.1) is 12.4 Å². The fraction of sp³-hybridized carbons (Fsp3) is 0.308. The van der Waals surface area contributed by atoms with Gasteiger partial charge in [-0.05, 0) is 24.0 Å². The molecule has 0 bridgehead atoms. The van der Waals surface area contributed by atoms with Crippen molar-refractivity contribution in [3.05, 3.63) is 23.8 Å². The van der Waals surface area contributed by atoms with E-state index in [0.717, 1.165) is 17.3 Å². The van der Waals surface area contributed by atoms with Crippen LogP contribution < -0.4 is 46.8 Å². The first-order valence-corrected chi connectivity index (χ1v) is 5.72. The van der Waals surface area contributed by atoms with Gasteiger partial charge >= 0.3 is 29.6 Å². The van der Waals surface area contributed by atoms with E-state index < -0.39 is 0 Å². The molecule has 0 spiro atoms. The minimum Gasteiger partial charge on any atom is -0.396 e. The van der Waals surface area contributed by atoms with Crippen molar-refractivity contribution >= 4 is 48.9 Å². The second-order valence-electron chi connectivity index (χ2n) is 4.73. The van der Waals surface area contributed by atoms with Crippen LogP contribution in [0.1, 0.15) is 19.4 Å². The van der Waals surface area contributed by atoms with Gasteiger partial charge < -0.3 is 17.2 Å². The summed E-state index contributed by atoms with van der Waals surface area (Å²) < 4.78 is 0. The van der Waals surface area contributed by atoms with Crippen LogP contribution in [0.15, 0.2) is 18.2 Å². The Labute approximate surface area is 150 Å². The number of benzene rings is 1. The topological polar surface area (TPSA) is 90.9 Å². The average molecular weight is 305 g/mol. The van der Waals surface area contributed by atoms with Crippen molar-refractivity contribution in [2.45, 2.75) is 20.3 Å². The quantitative estimate of drug-likeness (QED) is 0.568. The fourth-order valence-electron chi connectivity index (χ4n) is 2.06. The summed E-state index contributed by atoms with van der Waals surface area (Å²) in [6, 6.07) is 5.95. The Morgan fingerprint density at radius 3 is 2.25 bits per heavy atom. The number of nitrogens with zero attached hydrogens (tertiary/aromatic N) is 1. The van der Waals surface area contributed by atoms with E-state index in [9.17, 15) is 0 Å². The Morgan fingerprint density at radius 1 is 1.10 bits per heavy atom. The Bertz CT molecular complexity index is 578. The molecule has 4 nitrogen and oxygen atoms in total. The molecule has 0 amide bonds. The first-order chi connectivity index (χ1) is 8.00. The molecule has 0 aliphatic carbocycles. The molecular weight excluding hydrogens is 281 g/mol. The number of hydrogen-bond acceptors (Lipinski definition) is 4. The number of anilines is 3. The molecule has 0 radical (unpaired) electrons. The molecule has 1 heterocycles. The van der Waals surface area contributed by atoms with Gasteiger partial charge in [-0.1, -0.05) is 34.4 Å². The van der Waals surface area contributed by atoms with Crippen LogP contribution >= 0.6 is 12.4 Å². The molecule has 20 heavy (non-hydrogen) atoms. The van der Waals surface area contributed by atoms with Crippen molar-refractivity contribution in [1.82, 2.24) is 4.98 Å². The maximum Gasteiger partial charge on any atom is 1.00 e. The van der Waals surface area contributed by atoms with Crippen LogP contribution in [0.25, 0.3) is 10.9 Å². The Morgan fingerprint density at radius 2 is 1.70 bits per heavy atom. The number of pyridine rings is 1. The molecular formula is C13H23BClN4Na. The normalized spacial score (nSPS) is 9.55. The van der Waals surface area contributed by atoms with Crippen molar-refractivity contribution in [2.75, 3.05) is 17.2 Å². The van der Waals surface area contributed by atoms with Gasteiger partial charge in [0, 0.05) is 5.39 Å². The number of nitrogen functional groups attached to an aromatic ring is 3. The second-order valence-corrected chi connectivity index (χ2v) is 4.73. The van der Waals surface area contributed by atoms with Crippen LogP contribution in [0.4, 0.5) is 17.2 Å². The summed E-state index contributed by atoms with van der Waals surface area (Å²) in [5.41, 5.74) is 20.5. The maximum atomic E-state index is 6.05. The predicted molar refractivity (Wildman–Crippen MR) is 92.1 cm³/mol. The number of rotatable bonds is 2. The monoisotopic (exact) mass is 304 g/mol. The molecule has 1 aromatic heterocycles. The average Bonchev–Trinajstić information content (AvgIpc) is 2.25. The zero-order chi connectivity index (χ0) is 12.6. The van der Waals surface area contributed by atoms with E-state index in [1.165, 1.54) is 5.56 Å². The Hall–Kier alpha value is -0.615. The Balaban J connectivity index is 0. The van der Waals surface area contributed by atoms with Crippen LogP contribution in [-0.2, 0) is 6.42 Å². The minimum atomic E-state index is 0. The van der Waals surface area contributed by atoms with Crippen LogP contribution in [0.5, 0.6) is 0 Å². The molecule has 1 aromatic carbocycles. The third kappa shape index (κ3) is 4.19. The first kappa shape index (κ1) is 21.7. The molecule has 0 saturated heterocycles. The number of fused-ring (bicyclic) bond motifs is 1. The summed E-state index contributed by atoms with van der Waals surface area (Å²) in [6.07, 6.45) is 0.951. The largest absolute Gasteiger partial charge is 1.00 e. The van der Waals surface area contributed by atoms with Crippen molar-refractivity contribution in [3.63, 3.8) is 0 Å². The van der Waals surface area contributed by atoms with E-state index in [4.69, 9.17) is 17.2 Å². The molecule has 7 heteroatoms. The van der Waals surface area contributed by atoms with Gasteiger partial charge in [0.2, 0.25) is 0 Å². The van der Waals surface area contributed by atoms with Crippen LogP contribution in [0.3, 0.4) is 0 Å². The molecule has 0 saturated carbocycles. The molecule has 2 aromatic rings. The number of aromatic nitrogens is 1. The van der Waals surface area contributed by atoms with Gasteiger partial charge in [-0.25, -0.2) is 4.98 Å².